The Hall–Kier alpha value is -2.11. The largest absolute Gasteiger partial charge is 0.493 e. The van der Waals surface area contributed by atoms with Gasteiger partial charge in [0, 0.05) is 18.7 Å². The topological polar surface area (TPSA) is 81.7 Å². The standard InChI is InChI=1S/C10H11NO5/c1-11-10(14)16-5-6-3-7(12)4-8(15-2)9(6)13/h3-4H,5H2,1-2H3,(H,11,14). The molecule has 0 bridgehead atoms. The van der Waals surface area contributed by atoms with Gasteiger partial charge < -0.3 is 14.8 Å². The number of amides is 1. The summed E-state index contributed by atoms with van der Waals surface area (Å²) in [5.74, 6) is -0.874. The van der Waals surface area contributed by atoms with Gasteiger partial charge in [-0.2, -0.15) is 0 Å². The van der Waals surface area contributed by atoms with Crippen LogP contribution in [0, 0.1) is 0 Å². The zero-order chi connectivity index (χ0) is 12.1. The maximum atomic E-state index is 11.6. The number of allylic oxidation sites excluding steroid dienone is 3. The fraction of sp³-hybridized carbons (Fsp3) is 0.300. The molecular weight excluding hydrogens is 214 g/mol. The third-order valence-corrected chi connectivity index (χ3v) is 1.89. The number of carbonyl (C=O) groups excluding carboxylic acids is 3. The number of nitrogens with one attached hydrogen (secondary N) is 1. The number of ketones is 2. The second kappa shape index (κ2) is 5.11. The third kappa shape index (κ3) is 2.69. The second-order valence-corrected chi connectivity index (χ2v) is 2.94. The van der Waals surface area contributed by atoms with Crippen molar-refractivity contribution in [1.29, 1.82) is 0 Å². The average Bonchev–Trinajstić information content (AvgIpc) is 2.29. The summed E-state index contributed by atoms with van der Waals surface area (Å²) in [5.41, 5.74) is 0.0907. The van der Waals surface area contributed by atoms with E-state index in [0.717, 1.165) is 12.2 Å². The SMILES string of the molecule is CNC(=O)OCC1=CC(=O)C=C(OC)C1=O. The van der Waals surface area contributed by atoms with Crippen molar-refractivity contribution in [1.82, 2.24) is 5.32 Å². The number of hydrogen-bond donors (Lipinski definition) is 1. The predicted octanol–water partition coefficient (Wildman–Crippen LogP) is -0.0491. The summed E-state index contributed by atoms with van der Waals surface area (Å²) in [4.78, 5) is 33.5. The van der Waals surface area contributed by atoms with Crippen molar-refractivity contribution in [3.63, 3.8) is 0 Å². The zero-order valence-corrected chi connectivity index (χ0v) is 8.90. The van der Waals surface area contributed by atoms with Gasteiger partial charge >= 0.3 is 6.09 Å². The molecule has 0 aromatic heterocycles. The number of rotatable bonds is 3. The third-order valence-electron chi connectivity index (χ3n) is 1.89. The Morgan fingerprint density at radius 3 is 2.62 bits per heavy atom. The van der Waals surface area contributed by atoms with Crippen LogP contribution in [0.1, 0.15) is 0 Å². The minimum Gasteiger partial charge on any atom is -0.493 e. The Morgan fingerprint density at radius 1 is 1.38 bits per heavy atom. The number of alkyl carbamates (subject to hydrolysis) is 1. The molecule has 0 atom stereocenters. The van der Waals surface area contributed by atoms with Crippen LogP contribution in [0.5, 0.6) is 0 Å². The second-order valence-electron chi connectivity index (χ2n) is 2.94. The number of hydrogen-bond acceptors (Lipinski definition) is 5. The highest BCUT2D eigenvalue weighted by Crippen LogP contribution is 2.13. The van der Waals surface area contributed by atoms with Gasteiger partial charge in [0.05, 0.1) is 7.11 Å². The highest BCUT2D eigenvalue weighted by Gasteiger charge is 2.23. The molecular formula is C10H11NO5. The molecule has 6 nitrogen and oxygen atoms in total. The summed E-state index contributed by atoms with van der Waals surface area (Å²) in [5, 5.41) is 2.23. The first-order valence-corrected chi connectivity index (χ1v) is 4.48. The average molecular weight is 225 g/mol. The van der Waals surface area contributed by atoms with Gasteiger partial charge in [0.15, 0.2) is 11.5 Å². The number of carbonyl (C=O) groups is 3. The van der Waals surface area contributed by atoms with Crippen molar-refractivity contribution in [2.75, 3.05) is 20.8 Å². The van der Waals surface area contributed by atoms with Crippen LogP contribution in [0.4, 0.5) is 4.79 Å². The summed E-state index contributed by atoms with van der Waals surface area (Å²) in [7, 11) is 2.69. The molecule has 16 heavy (non-hydrogen) atoms. The van der Waals surface area contributed by atoms with Crippen molar-refractivity contribution in [2.45, 2.75) is 0 Å². The van der Waals surface area contributed by atoms with E-state index in [0.29, 0.717) is 0 Å². The Kier molecular flexibility index (Phi) is 3.82. The molecule has 6 heteroatoms. The summed E-state index contributed by atoms with van der Waals surface area (Å²) < 4.78 is 9.40. The van der Waals surface area contributed by atoms with E-state index >= 15 is 0 Å². The first kappa shape index (κ1) is 12.0. The van der Waals surface area contributed by atoms with E-state index in [1.54, 1.807) is 0 Å². The van der Waals surface area contributed by atoms with E-state index in [2.05, 4.69) is 10.1 Å². The minimum atomic E-state index is -0.672. The molecule has 0 heterocycles. The van der Waals surface area contributed by atoms with Crippen LogP contribution in [0.15, 0.2) is 23.5 Å². The molecule has 1 amide bonds. The number of methoxy groups -OCH3 is 1. The van der Waals surface area contributed by atoms with E-state index in [1.165, 1.54) is 14.2 Å². The van der Waals surface area contributed by atoms with Crippen LogP contribution < -0.4 is 5.32 Å². The van der Waals surface area contributed by atoms with Crippen LogP contribution >= 0.6 is 0 Å². The van der Waals surface area contributed by atoms with Gasteiger partial charge in [0.2, 0.25) is 5.78 Å². The van der Waals surface area contributed by atoms with Crippen LogP contribution in [-0.2, 0) is 19.1 Å². The smallest absolute Gasteiger partial charge is 0.407 e. The van der Waals surface area contributed by atoms with Gasteiger partial charge in [-0.1, -0.05) is 0 Å². The normalized spacial score (nSPS) is 15.1. The van der Waals surface area contributed by atoms with E-state index < -0.39 is 11.9 Å². The maximum absolute atomic E-state index is 11.6. The molecule has 1 rings (SSSR count). The molecule has 0 saturated heterocycles. The van der Waals surface area contributed by atoms with E-state index in [-0.39, 0.29) is 23.7 Å². The summed E-state index contributed by atoms with van der Waals surface area (Å²) in [6.07, 6.45) is 1.54. The molecule has 1 aliphatic rings. The zero-order valence-electron chi connectivity index (χ0n) is 8.90. The molecule has 86 valence electrons. The monoisotopic (exact) mass is 225 g/mol. The van der Waals surface area contributed by atoms with Gasteiger partial charge in [-0.25, -0.2) is 4.79 Å². The molecule has 0 aliphatic heterocycles. The van der Waals surface area contributed by atoms with Crippen molar-refractivity contribution < 1.29 is 23.9 Å². The molecule has 1 aliphatic carbocycles. The quantitative estimate of drug-likeness (QED) is 0.681. The first-order chi connectivity index (χ1) is 7.58. The highest BCUT2D eigenvalue weighted by molar-refractivity contribution is 6.19. The van der Waals surface area contributed by atoms with E-state index in [4.69, 9.17) is 4.74 Å². The van der Waals surface area contributed by atoms with Gasteiger partial charge in [-0.15, -0.1) is 0 Å². The molecule has 0 fully saturated rings. The Balaban J connectivity index is 2.70. The summed E-state index contributed by atoms with van der Waals surface area (Å²) in [6.45, 7) is -0.259. The first-order valence-electron chi connectivity index (χ1n) is 4.48. The molecule has 0 saturated carbocycles. The van der Waals surface area contributed by atoms with Crippen LogP contribution in [-0.4, -0.2) is 38.4 Å². The Labute approximate surface area is 91.9 Å². The molecule has 0 unspecified atom stereocenters. The van der Waals surface area contributed by atoms with Crippen LogP contribution in [0.3, 0.4) is 0 Å². The molecule has 0 aromatic carbocycles. The lowest BCUT2D eigenvalue weighted by molar-refractivity contribution is -0.118. The Morgan fingerprint density at radius 2 is 2.06 bits per heavy atom. The van der Waals surface area contributed by atoms with Gasteiger partial charge in [-0.05, 0) is 6.08 Å². The van der Waals surface area contributed by atoms with Crippen molar-refractivity contribution in [3.05, 3.63) is 23.5 Å². The maximum Gasteiger partial charge on any atom is 0.407 e. The van der Waals surface area contributed by atoms with E-state index in [9.17, 15) is 14.4 Å². The van der Waals surface area contributed by atoms with E-state index in [1.807, 2.05) is 0 Å². The summed E-state index contributed by atoms with van der Waals surface area (Å²) >= 11 is 0. The lowest BCUT2D eigenvalue weighted by atomic mass is 10.0. The molecule has 0 spiro atoms. The lowest BCUT2D eigenvalue weighted by Crippen LogP contribution is -2.24. The number of ether oxygens (including phenoxy) is 2. The lowest BCUT2D eigenvalue weighted by Gasteiger charge is -2.12. The fourth-order valence-electron chi connectivity index (χ4n) is 1.11. The van der Waals surface area contributed by atoms with Crippen LogP contribution in [0.2, 0.25) is 0 Å². The number of Topliss-reactive ketones (excluding diaryl/α,β-unsaturated/α-hetero) is 1. The molecule has 1 N–H and O–H groups in total. The van der Waals surface area contributed by atoms with Gasteiger partial charge in [0.1, 0.15) is 6.61 Å². The van der Waals surface area contributed by atoms with Gasteiger partial charge in [-0.3, -0.25) is 9.59 Å². The molecule has 0 aromatic rings. The fourth-order valence-corrected chi connectivity index (χ4v) is 1.11. The highest BCUT2D eigenvalue weighted by atomic mass is 16.5. The predicted molar refractivity (Wildman–Crippen MR) is 53.6 cm³/mol. The van der Waals surface area contributed by atoms with Crippen LogP contribution in [0.25, 0.3) is 0 Å². The minimum absolute atomic E-state index is 0.0528. The molecule has 0 radical (unpaired) electrons. The Bertz CT molecular complexity index is 394. The summed E-state index contributed by atoms with van der Waals surface area (Å²) in [6, 6.07) is 0. The van der Waals surface area contributed by atoms with Crippen molar-refractivity contribution in [3.8, 4) is 0 Å². The van der Waals surface area contributed by atoms with Gasteiger partial charge in [0.25, 0.3) is 0 Å². The van der Waals surface area contributed by atoms with Crippen molar-refractivity contribution in [2.24, 2.45) is 0 Å². The van der Waals surface area contributed by atoms with Crippen molar-refractivity contribution >= 4 is 17.7 Å².